The molecule has 1 fully saturated rings. The summed E-state index contributed by atoms with van der Waals surface area (Å²) in [6, 6.07) is 9.77. The van der Waals surface area contributed by atoms with Gasteiger partial charge in [0.15, 0.2) is 11.5 Å². The van der Waals surface area contributed by atoms with Crippen LogP contribution in [0.5, 0.6) is 11.5 Å². The predicted molar refractivity (Wildman–Crippen MR) is 127 cm³/mol. The number of amides is 3. The van der Waals surface area contributed by atoms with Gasteiger partial charge in [-0.05, 0) is 61.1 Å². The smallest absolute Gasteiger partial charge is 0.253 e. The van der Waals surface area contributed by atoms with Crippen molar-refractivity contribution in [3.05, 3.63) is 59.4 Å². The number of nitrogens with zero attached hydrogens (tertiary/aromatic N) is 1. The van der Waals surface area contributed by atoms with Crippen molar-refractivity contribution in [2.45, 2.75) is 32.7 Å². The maximum atomic E-state index is 13.5. The first kappa shape index (κ1) is 24.5. The van der Waals surface area contributed by atoms with E-state index >= 15 is 0 Å². The minimum atomic E-state index is -0.752. The molecule has 0 radical (unpaired) electrons. The Kier molecular flexibility index (Phi) is 7.53. The SMILES string of the molecule is CC(C)CNC(=O)[C@@H](NC(=O)c1ccc2c(c1)OCO2)C1CCN(C(=O)c2cccc(F)c2)CC1. The Hall–Kier alpha value is -3.62. The predicted octanol–water partition coefficient (Wildman–Crippen LogP) is 2.98. The molecular weight excluding hydrogens is 453 g/mol. The number of hydrogen-bond donors (Lipinski definition) is 2. The van der Waals surface area contributed by atoms with Crippen molar-refractivity contribution in [3.63, 3.8) is 0 Å². The molecule has 1 saturated heterocycles. The average molecular weight is 484 g/mol. The Bertz CT molecular complexity index is 1100. The van der Waals surface area contributed by atoms with Crippen LogP contribution in [0.25, 0.3) is 0 Å². The molecule has 0 aliphatic carbocycles. The molecule has 0 spiro atoms. The largest absolute Gasteiger partial charge is 0.454 e. The molecule has 2 aromatic rings. The van der Waals surface area contributed by atoms with E-state index in [4.69, 9.17) is 9.47 Å². The lowest BCUT2D eigenvalue weighted by molar-refractivity contribution is -0.124. The number of halogens is 1. The molecule has 186 valence electrons. The fourth-order valence-corrected chi connectivity index (χ4v) is 4.31. The first-order valence-electron chi connectivity index (χ1n) is 11.8. The molecule has 8 nitrogen and oxygen atoms in total. The van der Waals surface area contributed by atoms with Crippen molar-refractivity contribution < 1.29 is 28.2 Å². The van der Waals surface area contributed by atoms with E-state index in [9.17, 15) is 18.8 Å². The van der Waals surface area contributed by atoms with Gasteiger partial charge in [-0.3, -0.25) is 14.4 Å². The summed E-state index contributed by atoms with van der Waals surface area (Å²) < 4.78 is 24.2. The van der Waals surface area contributed by atoms with E-state index in [0.717, 1.165) is 0 Å². The number of piperidine rings is 1. The Morgan fingerprint density at radius 3 is 2.49 bits per heavy atom. The van der Waals surface area contributed by atoms with E-state index in [0.29, 0.717) is 55.1 Å². The summed E-state index contributed by atoms with van der Waals surface area (Å²) in [5.41, 5.74) is 0.667. The van der Waals surface area contributed by atoms with Gasteiger partial charge in [0, 0.05) is 30.8 Å². The van der Waals surface area contributed by atoms with E-state index < -0.39 is 11.9 Å². The number of nitrogens with one attached hydrogen (secondary N) is 2. The fraction of sp³-hybridized carbons (Fsp3) is 0.423. The highest BCUT2D eigenvalue weighted by Gasteiger charge is 2.34. The number of carbonyl (C=O) groups is 3. The minimum Gasteiger partial charge on any atom is -0.454 e. The van der Waals surface area contributed by atoms with E-state index in [-0.39, 0.29) is 36.4 Å². The normalized spacial score (nSPS) is 16.2. The zero-order valence-electron chi connectivity index (χ0n) is 19.9. The maximum absolute atomic E-state index is 13.5. The number of benzene rings is 2. The quantitative estimate of drug-likeness (QED) is 0.631. The van der Waals surface area contributed by atoms with Crippen LogP contribution in [0.2, 0.25) is 0 Å². The summed E-state index contributed by atoms with van der Waals surface area (Å²) in [6.45, 7) is 5.41. The number of likely N-dealkylation sites (tertiary alicyclic amines) is 1. The minimum absolute atomic E-state index is 0.105. The van der Waals surface area contributed by atoms with Gasteiger partial charge in [-0.25, -0.2) is 4.39 Å². The molecule has 2 heterocycles. The van der Waals surface area contributed by atoms with E-state index in [1.54, 1.807) is 29.2 Å². The van der Waals surface area contributed by atoms with Crippen molar-refractivity contribution in [1.29, 1.82) is 0 Å². The van der Waals surface area contributed by atoms with Crippen LogP contribution in [0, 0.1) is 17.7 Å². The molecule has 35 heavy (non-hydrogen) atoms. The summed E-state index contributed by atoms with van der Waals surface area (Å²) in [5, 5.41) is 5.82. The monoisotopic (exact) mass is 483 g/mol. The van der Waals surface area contributed by atoms with Gasteiger partial charge in [-0.1, -0.05) is 19.9 Å². The zero-order chi connectivity index (χ0) is 24.9. The van der Waals surface area contributed by atoms with Crippen LogP contribution in [-0.2, 0) is 4.79 Å². The van der Waals surface area contributed by atoms with Crippen LogP contribution in [0.3, 0.4) is 0 Å². The molecule has 0 aromatic heterocycles. The maximum Gasteiger partial charge on any atom is 0.253 e. The molecule has 2 aromatic carbocycles. The second-order valence-electron chi connectivity index (χ2n) is 9.30. The van der Waals surface area contributed by atoms with E-state index in [2.05, 4.69) is 10.6 Å². The van der Waals surface area contributed by atoms with Crippen molar-refractivity contribution >= 4 is 17.7 Å². The molecule has 0 unspecified atom stereocenters. The topological polar surface area (TPSA) is 97.0 Å². The van der Waals surface area contributed by atoms with Gasteiger partial charge in [0.05, 0.1) is 0 Å². The standard InChI is InChI=1S/C26H30FN3O5/c1-16(2)14-28-25(32)23(29-24(31)18-6-7-21-22(13-18)35-15-34-21)17-8-10-30(11-9-17)26(33)19-4-3-5-20(27)12-19/h3-7,12-13,16-17,23H,8-11,14-15H2,1-2H3,(H,28,32)(H,29,31)/t23-/m0/s1. The summed E-state index contributed by atoms with van der Waals surface area (Å²) in [4.78, 5) is 40.6. The second-order valence-corrected chi connectivity index (χ2v) is 9.30. The molecular formula is C26H30FN3O5. The summed E-state index contributed by atoms with van der Waals surface area (Å²) in [7, 11) is 0. The highest BCUT2D eigenvalue weighted by Crippen LogP contribution is 2.32. The van der Waals surface area contributed by atoms with Gasteiger partial charge in [0.2, 0.25) is 12.7 Å². The Morgan fingerprint density at radius 2 is 1.77 bits per heavy atom. The molecule has 2 aliphatic rings. The van der Waals surface area contributed by atoms with Gasteiger partial charge in [0.25, 0.3) is 11.8 Å². The third-order valence-electron chi connectivity index (χ3n) is 6.26. The van der Waals surface area contributed by atoms with Gasteiger partial charge in [0.1, 0.15) is 11.9 Å². The lowest BCUT2D eigenvalue weighted by atomic mass is 9.88. The van der Waals surface area contributed by atoms with E-state index in [1.165, 1.54) is 18.2 Å². The Morgan fingerprint density at radius 1 is 1.03 bits per heavy atom. The average Bonchev–Trinajstić information content (AvgIpc) is 3.33. The highest BCUT2D eigenvalue weighted by molar-refractivity contribution is 5.98. The number of rotatable bonds is 7. The lowest BCUT2D eigenvalue weighted by Gasteiger charge is -2.36. The lowest BCUT2D eigenvalue weighted by Crippen LogP contribution is -2.54. The molecule has 1 atom stereocenters. The van der Waals surface area contributed by atoms with Crippen LogP contribution in [-0.4, -0.2) is 55.1 Å². The fourth-order valence-electron chi connectivity index (χ4n) is 4.31. The van der Waals surface area contributed by atoms with Crippen molar-refractivity contribution in [2.24, 2.45) is 11.8 Å². The van der Waals surface area contributed by atoms with E-state index in [1.807, 2.05) is 13.8 Å². The number of hydrogen-bond acceptors (Lipinski definition) is 5. The highest BCUT2D eigenvalue weighted by atomic mass is 19.1. The summed E-state index contributed by atoms with van der Waals surface area (Å²) >= 11 is 0. The molecule has 0 bridgehead atoms. The zero-order valence-corrected chi connectivity index (χ0v) is 19.9. The van der Waals surface area contributed by atoms with Crippen molar-refractivity contribution in [1.82, 2.24) is 15.5 Å². The second kappa shape index (κ2) is 10.8. The van der Waals surface area contributed by atoms with Crippen LogP contribution in [0.1, 0.15) is 47.4 Å². The first-order valence-corrected chi connectivity index (χ1v) is 11.8. The number of carbonyl (C=O) groups excluding carboxylic acids is 3. The van der Waals surface area contributed by atoms with Gasteiger partial charge in [-0.2, -0.15) is 0 Å². The Balaban J connectivity index is 1.44. The van der Waals surface area contributed by atoms with Crippen LogP contribution < -0.4 is 20.1 Å². The van der Waals surface area contributed by atoms with Crippen LogP contribution in [0.15, 0.2) is 42.5 Å². The third kappa shape index (κ3) is 5.90. The van der Waals surface area contributed by atoms with Crippen LogP contribution >= 0.6 is 0 Å². The van der Waals surface area contributed by atoms with Crippen molar-refractivity contribution in [2.75, 3.05) is 26.4 Å². The molecule has 2 aliphatic heterocycles. The summed E-state index contributed by atoms with van der Waals surface area (Å²) in [6.07, 6.45) is 1.06. The van der Waals surface area contributed by atoms with Crippen LogP contribution in [0.4, 0.5) is 4.39 Å². The molecule has 4 rings (SSSR count). The van der Waals surface area contributed by atoms with Crippen molar-refractivity contribution in [3.8, 4) is 11.5 Å². The summed E-state index contributed by atoms with van der Waals surface area (Å²) in [5.74, 6) is -0.168. The Labute approximate surface area is 203 Å². The first-order chi connectivity index (χ1) is 16.8. The van der Waals surface area contributed by atoms with Gasteiger partial charge >= 0.3 is 0 Å². The molecule has 2 N–H and O–H groups in total. The number of ether oxygens (including phenoxy) is 2. The third-order valence-corrected chi connectivity index (χ3v) is 6.26. The van der Waals surface area contributed by atoms with Gasteiger partial charge in [-0.15, -0.1) is 0 Å². The number of fused-ring (bicyclic) bond motifs is 1. The molecule has 0 saturated carbocycles. The molecule has 9 heteroatoms. The van der Waals surface area contributed by atoms with Gasteiger partial charge < -0.3 is 25.0 Å². The molecule has 3 amide bonds.